The van der Waals surface area contributed by atoms with Crippen LogP contribution in [-0.4, -0.2) is 18.6 Å². The van der Waals surface area contributed by atoms with Gasteiger partial charge in [-0.3, -0.25) is 4.79 Å². The van der Waals surface area contributed by atoms with E-state index in [2.05, 4.69) is 30.5 Å². The van der Waals surface area contributed by atoms with Crippen LogP contribution in [0.1, 0.15) is 39.2 Å². The number of rotatable bonds is 7. The smallest absolute Gasteiger partial charge is 0.243 e. The number of carbonyl (C=O) groups is 1. The largest absolute Gasteiger partial charge is 0.491 e. The van der Waals surface area contributed by atoms with Crippen molar-refractivity contribution in [3.8, 4) is 5.75 Å². The fourth-order valence-corrected chi connectivity index (χ4v) is 2.46. The zero-order valence-electron chi connectivity index (χ0n) is 14.8. The third-order valence-corrected chi connectivity index (χ3v) is 3.51. The molecule has 0 aliphatic rings. The minimum absolute atomic E-state index is 0.0877. The van der Waals surface area contributed by atoms with Crippen LogP contribution in [0.2, 0.25) is 0 Å². The van der Waals surface area contributed by atoms with Gasteiger partial charge in [-0.2, -0.15) is 0 Å². The third-order valence-electron chi connectivity index (χ3n) is 3.51. The Morgan fingerprint density at radius 1 is 1.04 bits per heavy atom. The molecule has 0 aliphatic carbocycles. The Kier molecular flexibility index (Phi) is 6.24. The Bertz CT molecular complexity index is 681. The van der Waals surface area contributed by atoms with E-state index in [1.54, 1.807) is 0 Å². The first-order valence-electron chi connectivity index (χ1n) is 8.35. The highest BCUT2D eigenvalue weighted by atomic mass is 16.5. The van der Waals surface area contributed by atoms with Crippen molar-refractivity contribution in [2.75, 3.05) is 17.2 Å². The first kappa shape index (κ1) is 17.9. The number of ether oxygens (including phenoxy) is 1. The summed E-state index contributed by atoms with van der Waals surface area (Å²) < 4.78 is 5.64. The second-order valence-corrected chi connectivity index (χ2v) is 6.34. The zero-order chi connectivity index (χ0) is 17.5. The molecule has 2 aromatic carbocycles. The summed E-state index contributed by atoms with van der Waals surface area (Å²) in [5.41, 5.74) is 2.94. The fraction of sp³-hybridized carbons (Fsp3) is 0.350. The van der Waals surface area contributed by atoms with Gasteiger partial charge < -0.3 is 15.4 Å². The summed E-state index contributed by atoms with van der Waals surface area (Å²) in [7, 11) is 0. The lowest BCUT2D eigenvalue weighted by Crippen LogP contribution is -2.22. The van der Waals surface area contributed by atoms with Crippen LogP contribution in [-0.2, 0) is 4.79 Å². The van der Waals surface area contributed by atoms with Crippen LogP contribution < -0.4 is 15.4 Å². The molecule has 24 heavy (non-hydrogen) atoms. The van der Waals surface area contributed by atoms with E-state index in [0.717, 1.165) is 17.1 Å². The van der Waals surface area contributed by atoms with E-state index < -0.39 is 0 Å². The van der Waals surface area contributed by atoms with E-state index in [1.807, 2.05) is 56.3 Å². The minimum atomic E-state index is -0.0877. The molecule has 0 heterocycles. The molecule has 4 heteroatoms. The average Bonchev–Trinajstić information content (AvgIpc) is 2.53. The standard InChI is InChI=1S/C20H26N2O2/c1-14(2)18-10-5-6-11-19(18)21-13-20(23)22-16-8-7-9-17(12-16)24-15(3)4/h5-12,14-15,21H,13H2,1-4H3,(H,22,23). The van der Waals surface area contributed by atoms with Crippen LogP contribution in [0.25, 0.3) is 0 Å². The lowest BCUT2D eigenvalue weighted by Gasteiger charge is -2.15. The zero-order valence-corrected chi connectivity index (χ0v) is 14.8. The first-order valence-corrected chi connectivity index (χ1v) is 8.35. The van der Waals surface area contributed by atoms with Crippen molar-refractivity contribution in [3.63, 3.8) is 0 Å². The van der Waals surface area contributed by atoms with E-state index in [9.17, 15) is 4.79 Å². The van der Waals surface area contributed by atoms with Gasteiger partial charge >= 0.3 is 0 Å². The van der Waals surface area contributed by atoms with Crippen molar-refractivity contribution in [1.82, 2.24) is 0 Å². The highest BCUT2D eigenvalue weighted by Gasteiger charge is 2.08. The topological polar surface area (TPSA) is 50.4 Å². The summed E-state index contributed by atoms with van der Waals surface area (Å²) in [6.07, 6.45) is 0.102. The normalized spacial score (nSPS) is 10.8. The molecule has 4 nitrogen and oxygen atoms in total. The van der Waals surface area contributed by atoms with E-state index >= 15 is 0 Å². The molecule has 0 bridgehead atoms. The fourth-order valence-electron chi connectivity index (χ4n) is 2.46. The predicted octanol–water partition coefficient (Wildman–Crippen LogP) is 4.65. The van der Waals surface area contributed by atoms with Gasteiger partial charge in [0.2, 0.25) is 5.91 Å². The molecule has 0 unspecified atom stereocenters. The average molecular weight is 326 g/mol. The molecule has 1 amide bonds. The maximum absolute atomic E-state index is 12.2. The molecule has 0 saturated heterocycles. The number of benzene rings is 2. The molecule has 2 rings (SSSR count). The number of amides is 1. The molecule has 0 fully saturated rings. The number of carbonyl (C=O) groups excluding carboxylic acids is 1. The van der Waals surface area contributed by atoms with Gasteiger partial charge in [-0.25, -0.2) is 0 Å². The van der Waals surface area contributed by atoms with Crippen LogP contribution in [0.5, 0.6) is 5.75 Å². The van der Waals surface area contributed by atoms with Gasteiger partial charge in [-0.05, 0) is 43.5 Å². The summed E-state index contributed by atoms with van der Waals surface area (Å²) in [4.78, 5) is 12.2. The van der Waals surface area contributed by atoms with Crippen LogP contribution in [0.4, 0.5) is 11.4 Å². The Hall–Kier alpha value is -2.49. The van der Waals surface area contributed by atoms with Gasteiger partial charge in [0.1, 0.15) is 5.75 Å². The summed E-state index contributed by atoms with van der Waals surface area (Å²) in [5, 5.41) is 6.11. The molecule has 0 radical (unpaired) electrons. The SMILES string of the molecule is CC(C)Oc1cccc(NC(=O)CNc2ccccc2C(C)C)c1. The number of para-hydroxylation sites is 1. The predicted molar refractivity (Wildman–Crippen MR) is 99.9 cm³/mol. The molecular weight excluding hydrogens is 300 g/mol. The van der Waals surface area contributed by atoms with Crippen LogP contribution in [0.3, 0.4) is 0 Å². The van der Waals surface area contributed by atoms with Crippen LogP contribution in [0.15, 0.2) is 48.5 Å². The van der Waals surface area contributed by atoms with Crippen molar-refractivity contribution in [2.24, 2.45) is 0 Å². The minimum Gasteiger partial charge on any atom is -0.491 e. The van der Waals surface area contributed by atoms with Gasteiger partial charge in [0.15, 0.2) is 0 Å². The van der Waals surface area contributed by atoms with Crippen molar-refractivity contribution < 1.29 is 9.53 Å². The molecule has 0 atom stereocenters. The van der Waals surface area contributed by atoms with Gasteiger partial charge in [0, 0.05) is 17.4 Å². The Morgan fingerprint density at radius 3 is 2.50 bits per heavy atom. The van der Waals surface area contributed by atoms with Crippen molar-refractivity contribution in [1.29, 1.82) is 0 Å². The maximum Gasteiger partial charge on any atom is 0.243 e. The molecule has 0 spiro atoms. The lowest BCUT2D eigenvalue weighted by atomic mass is 10.0. The number of hydrogen-bond acceptors (Lipinski definition) is 3. The third kappa shape index (κ3) is 5.30. The van der Waals surface area contributed by atoms with E-state index in [4.69, 9.17) is 4.74 Å². The quantitative estimate of drug-likeness (QED) is 0.779. The molecule has 128 valence electrons. The first-order chi connectivity index (χ1) is 11.5. The van der Waals surface area contributed by atoms with Crippen LogP contribution in [0, 0.1) is 0 Å². The molecule has 0 aliphatic heterocycles. The van der Waals surface area contributed by atoms with E-state index in [1.165, 1.54) is 5.56 Å². The molecule has 0 aromatic heterocycles. The molecule has 0 saturated carbocycles. The van der Waals surface area contributed by atoms with Crippen LogP contribution >= 0.6 is 0 Å². The highest BCUT2D eigenvalue weighted by Crippen LogP contribution is 2.23. The monoisotopic (exact) mass is 326 g/mol. The van der Waals surface area contributed by atoms with Crippen molar-refractivity contribution >= 4 is 17.3 Å². The summed E-state index contributed by atoms with van der Waals surface area (Å²) in [6.45, 7) is 8.45. The maximum atomic E-state index is 12.2. The lowest BCUT2D eigenvalue weighted by molar-refractivity contribution is -0.114. The highest BCUT2D eigenvalue weighted by molar-refractivity contribution is 5.94. The number of anilines is 2. The Labute approximate surface area is 144 Å². The summed E-state index contributed by atoms with van der Waals surface area (Å²) in [6, 6.07) is 15.5. The second-order valence-electron chi connectivity index (χ2n) is 6.34. The second kappa shape index (κ2) is 8.39. The van der Waals surface area contributed by atoms with E-state index in [0.29, 0.717) is 5.92 Å². The van der Waals surface area contributed by atoms with Gasteiger partial charge in [0.05, 0.1) is 12.6 Å². The Balaban J connectivity index is 1.94. The summed E-state index contributed by atoms with van der Waals surface area (Å²) in [5.74, 6) is 1.07. The molecular formula is C20H26N2O2. The Morgan fingerprint density at radius 2 is 1.79 bits per heavy atom. The van der Waals surface area contributed by atoms with Gasteiger partial charge in [-0.15, -0.1) is 0 Å². The van der Waals surface area contributed by atoms with Gasteiger partial charge in [0.25, 0.3) is 0 Å². The van der Waals surface area contributed by atoms with Gasteiger partial charge in [-0.1, -0.05) is 38.1 Å². The molecule has 2 aromatic rings. The molecule has 2 N–H and O–H groups in total. The summed E-state index contributed by atoms with van der Waals surface area (Å²) >= 11 is 0. The van der Waals surface area contributed by atoms with Crippen molar-refractivity contribution in [2.45, 2.75) is 39.7 Å². The van der Waals surface area contributed by atoms with Crippen molar-refractivity contribution in [3.05, 3.63) is 54.1 Å². The van der Waals surface area contributed by atoms with E-state index in [-0.39, 0.29) is 18.6 Å². The number of hydrogen-bond donors (Lipinski definition) is 2. The number of nitrogens with one attached hydrogen (secondary N) is 2.